The molecule has 0 rings (SSSR count). The first-order valence-corrected chi connectivity index (χ1v) is 11.9. The van der Waals surface area contributed by atoms with Gasteiger partial charge in [0.05, 0.1) is 0 Å². The third-order valence-corrected chi connectivity index (χ3v) is 9.86. The van der Waals surface area contributed by atoms with Crippen molar-refractivity contribution in [3.8, 4) is 0 Å². The Labute approximate surface area is 85.1 Å². The monoisotopic (exact) mass is 218 g/mol. The van der Waals surface area contributed by atoms with Crippen molar-refractivity contribution in [3.63, 3.8) is 0 Å². The lowest BCUT2D eigenvalue weighted by atomic mass is 10.5. The van der Waals surface area contributed by atoms with Crippen LogP contribution in [0.3, 0.4) is 0 Å². The zero-order valence-corrected chi connectivity index (χ0v) is 12.0. The molecule has 13 heavy (non-hydrogen) atoms. The van der Waals surface area contributed by atoms with Crippen molar-refractivity contribution in [1.82, 2.24) is 4.23 Å². The summed E-state index contributed by atoms with van der Waals surface area (Å²) in [5, 5.41) is 10.5. The molecule has 0 heterocycles. The van der Waals surface area contributed by atoms with Crippen molar-refractivity contribution in [2.45, 2.75) is 45.7 Å². The number of nitrogens with zero attached hydrogens (tertiary/aromatic N) is 1. The molecule has 80 valence electrons. The van der Waals surface area contributed by atoms with E-state index in [4.69, 9.17) is 0 Å². The molecule has 0 aromatic rings. The highest BCUT2D eigenvalue weighted by molar-refractivity contribution is 6.89. The fourth-order valence-electron chi connectivity index (χ4n) is 1.90. The van der Waals surface area contributed by atoms with Crippen molar-refractivity contribution in [1.29, 1.82) is 0 Å². The Morgan fingerprint density at radius 3 is 1.54 bits per heavy atom. The van der Waals surface area contributed by atoms with Crippen LogP contribution in [0.1, 0.15) is 6.42 Å². The van der Waals surface area contributed by atoms with E-state index in [0.717, 1.165) is 13.0 Å². The SMILES string of the molecule is C[Si](C)(C)N(CCC[O-])[Si](C)(C)C. The highest BCUT2D eigenvalue weighted by Gasteiger charge is 2.33. The van der Waals surface area contributed by atoms with Crippen LogP contribution < -0.4 is 5.11 Å². The van der Waals surface area contributed by atoms with E-state index < -0.39 is 16.5 Å². The first kappa shape index (κ1) is 13.4. The molecular weight excluding hydrogens is 194 g/mol. The summed E-state index contributed by atoms with van der Waals surface area (Å²) in [5.41, 5.74) is 0. The molecule has 0 amide bonds. The van der Waals surface area contributed by atoms with Crippen molar-refractivity contribution in [2.24, 2.45) is 0 Å². The van der Waals surface area contributed by atoms with Gasteiger partial charge in [0.2, 0.25) is 0 Å². The maximum atomic E-state index is 10.5. The maximum Gasteiger partial charge on any atom is 0.112 e. The second-order valence-electron chi connectivity index (χ2n) is 5.55. The summed E-state index contributed by atoms with van der Waals surface area (Å²) in [7, 11) is -2.41. The lowest BCUT2D eigenvalue weighted by molar-refractivity contribution is -0.368. The standard InChI is InChI=1S/C9H24NOSi2/c1-12(2,3)10(8-7-9-11)13(4,5)6/h7-9H2,1-6H3/q-1. The van der Waals surface area contributed by atoms with Crippen molar-refractivity contribution in [3.05, 3.63) is 0 Å². The van der Waals surface area contributed by atoms with Gasteiger partial charge >= 0.3 is 0 Å². The average molecular weight is 218 g/mol. The summed E-state index contributed by atoms with van der Waals surface area (Å²) >= 11 is 0. The summed E-state index contributed by atoms with van der Waals surface area (Å²) < 4.78 is 2.66. The van der Waals surface area contributed by atoms with Gasteiger partial charge in [0.1, 0.15) is 16.5 Å². The van der Waals surface area contributed by atoms with Crippen LogP contribution in [0.25, 0.3) is 0 Å². The second-order valence-corrected chi connectivity index (χ2v) is 15.8. The first-order chi connectivity index (χ1) is 5.69. The van der Waals surface area contributed by atoms with E-state index in [0.29, 0.717) is 0 Å². The van der Waals surface area contributed by atoms with Crippen LogP contribution in [-0.2, 0) is 0 Å². The molecule has 0 fully saturated rings. The minimum atomic E-state index is -1.20. The fraction of sp³-hybridized carbons (Fsp3) is 1.00. The van der Waals surface area contributed by atoms with E-state index >= 15 is 0 Å². The van der Waals surface area contributed by atoms with Crippen LogP contribution in [0.5, 0.6) is 0 Å². The molecule has 0 bridgehead atoms. The van der Waals surface area contributed by atoms with Gasteiger partial charge in [0.15, 0.2) is 0 Å². The lowest BCUT2D eigenvalue weighted by Gasteiger charge is -2.43. The second kappa shape index (κ2) is 4.73. The summed E-state index contributed by atoms with van der Waals surface area (Å²) in [6, 6.07) is 0. The zero-order valence-electron chi connectivity index (χ0n) is 9.98. The molecule has 0 aliphatic rings. The topological polar surface area (TPSA) is 26.3 Å². The van der Waals surface area contributed by atoms with Crippen molar-refractivity contribution in [2.75, 3.05) is 13.2 Å². The molecular formula is C9H24NOSi2-. The van der Waals surface area contributed by atoms with Crippen LogP contribution in [0, 0.1) is 0 Å². The smallest absolute Gasteiger partial charge is 0.112 e. The van der Waals surface area contributed by atoms with E-state index in [2.05, 4.69) is 43.5 Å². The predicted molar refractivity (Wildman–Crippen MR) is 62.9 cm³/mol. The molecule has 2 nitrogen and oxygen atoms in total. The quantitative estimate of drug-likeness (QED) is 0.657. The molecule has 0 aromatic heterocycles. The van der Waals surface area contributed by atoms with Crippen LogP contribution in [0.15, 0.2) is 0 Å². The molecule has 0 N–H and O–H groups in total. The van der Waals surface area contributed by atoms with Crippen LogP contribution in [0.2, 0.25) is 39.3 Å². The molecule has 0 saturated heterocycles. The molecule has 0 spiro atoms. The van der Waals surface area contributed by atoms with Crippen LogP contribution in [-0.4, -0.2) is 33.9 Å². The van der Waals surface area contributed by atoms with E-state index in [1.165, 1.54) is 0 Å². The average Bonchev–Trinajstić information content (AvgIpc) is 1.81. The highest BCUT2D eigenvalue weighted by Crippen LogP contribution is 2.19. The van der Waals surface area contributed by atoms with Crippen molar-refractivity contribution < 1.29 is 5.11 Å². The number of hydrogen-bond donors (Lipinski definition) is 0. The molecule has 0 unspecified atom stereocenters. The summed E-state index contributed by atoms with van der Waals surface area (Å²) in [6.07, 6.45) is 0.814. The van der Waals surface area contributed by atoms with Gasteiger partial charge in [-0.2, -0.15) is 0 Å². The Hall–Kier alpha value is 0.354. The minimum absolute atomic E-state index is 0.0749. The zero-order chi connectivity index (χ0) is 10.7. The first-order valence-electron chi connectivity index (χ1n) is 5.05. The van der Waals surface area contributed by atoms with Gasteiger partial charge in [-0.3, -0.25) is 0 Å². The fourth-order valence-corrected chi connectivity index (χ4v) is 11.6. The normalized spacial score (nSPS) is 13.8. The third-order valence-electron chi connectivity index (χ3n) is 2.15. The van der Waals surface area contributed by atoms with E-state index in [-0.39, 0.29) is 6.61 Å². The van der Waals surface area contributed by atoms with Crippen LogP contribution >= 0.6 is 0 Å². The number of rotatable bonds is 5. The van der Waals surface area contributed by atoms with Gasteiger partial charge in [-0.25, -0.2) is 0 Å². The van der Waals surface area contributed by atoms with Gasteiger partial charge in [0.25, 0.3) is 0 Å². The molecule has 0 saturated carbocycles. The Balaban J connectivity index is 4.39. The van der Waals surface area contributed by atoms with E-state index in [9.17, 15) is 5.11 Å². The molecule has 0 atom stereocenters. The highest BCUT2D eigenvalue weighted by atomic mass is 28.4. The molecule has 0 aromatic carbocycles. The predicted octanol–water partition coefficient (Wildman–Crippen LogP) is 1.71. The summed E-state index contributed by atoms with van der Waals surface area (Å²) in [5.74, 6) is 0. The van der Waals surface area contributed by atoms with E-state index in [1.54, 1.807) is 0 Å². The Bertz CT molecular complexity index is 135. The summed E-state index contributed by atoms with van der Waals surface area (Å²) in [4.78, 5) is 0. The van der Waals surface area contributed by atoms with E-state index in [1.807, 2.05) is 0 Å². The Kier molecular flexibility index (Phi) is 4.86. The molecule has 0 radical (unpaired) electrons. The van der Waals surface area contributed by atoms with Crippen LogP contribution in [0.4, 0.5) is 0 Å². The van der Waals surface area contributed by atoms with Gasteiger partial charge in [-0.1, -0.05) is 45.7 Å². The largest absolute Gasteiger partial charge is 0.854 e. The minimum Gasteiger partial charge on any atom is -0.854 e. The van der Waals surface area contributed by atoms with Gasteiger partial charge < -0.3 is 9.34 Å². The Morgan fingerprint density at radius 2 is 1.31 bits per heavy atom. The molecule has 0 aliphatic heterocycles. The molecule has 4 heteroatoms. The maximum absolute atomic E-state index is 10.5. The number of hydrogen-bond acceptors (Lipinski definition) is 2. The van der Waals surface area contributed by atoms with Crippen molar-refractivity contribution >= 4 is 16.5 Å². The third kappa shape index (κ3) is 4.95. The lowest BCUT2D eigenvalue weighted by Crippen LogP contribution is -2.59. The summed E-state index contributed by atoms with van der Waals surface area (Å²) in [6.45, 7) is 15.3. The molecule has 0 aliphatic carbocycles. The van der Waals surface area contributed by atoms with Gasteiger partial charge in [-0.05, 0) is 6.54 Å². The van der Waals surface area contributed by atoms with Gasteiger partial charge in [0, 0.05) is 0 Å². The van der Waals surface area contributed by atoms with Gasteiger partial charge in [-0.15, -0.1) is 6.61 Å². The Morgan fingerprint density at radius 1 is 0.923 bits per heavy atom.